The lowest BCUT2D eigenvalue weighted by atomic mass is 10.0. The minimum atomic E-state index is -0.273. The van der Waals surface area contributed by atoms with Crippen LogP contribution in [0.25, 0.3) is 0 Å². The zero-order valence-corrected chi connectivity index (χ0v) is 12.5. The Kier molecular flexibility index (Phi) is 6.28. The van der Waals surface area contributed by atoms with Gasteiger partial charge >= 0.3 is 0 Å². The van der Waals surface area contributed by atoms with E-state index in [0.29, 0.717) is 5.92 Å². The molecule has 21 heavy (non-hydrogen) atoms. The van der Waals surface area contributed by atoms with Gasteiger partial charge in [0.15, 0.2) is 12.4 Å². The van der Waals surface area contributed by atoms with E-state index < -0.39 is 0 Å². The van der Waals surface area contributed by atoms with Crippen molar-refractivity contribution in [2.24, 2.45) is 5.92 Å². The number of rotatable bonds is 5. The number of hydrogen-bond acceptors (Lipinski definition) is 3. The lowest BCUT2D eigenvalue weighted by Gasteiger charge is -2.29. The molecular formula is C18H21NO2. The molecule has 1 heterocycles. The molecule has 0 unspecified atom stereocenters. The predicted molar refractivity (Wildman–Crippen MR) is 81.2 cm³/mol. The number of unbranched alkanes of at least 4 members (excludes halogenated alkanes) is 2. The quantitative estimate of drug-likeness (QED) is 0.609. The second kappa shape index (κ2) is 8.47. The van der Waals surface area contributed by atoms with E-state index in [4.69, 9.17) is 14.7 Å². The molecule has 0 spiro atoms. The summed E-state index contributed by atoms with van der Waals surface area (Å²) in [5.41, 5.74) is 1.83. The standard InChI is InChI=1S/C18H21NO2/c1-2-3-4-6-16-13-20-18(21-14-16)17-10-8-15(9-11-17)7-5-12-19/h8-11,16,18H,2-4,6,13-14H2,1H3. The average Bonchev–Trinajstić information content (AvgIpc) is 2.54. The van der Waals surface area contributed by atoms with E-state index in [1.807, 2.05) is 30.3 Å². The van der Waals surface area contributed by atoms with Crippen molar-refractivity contribution in [3.8, 4) is 17.9 Å². The first kappa shape index (κ1) is 15.6. The molecule has 3 nitrogen and oxygen atoms in total. The first-order valence-electron chi connectivity index (χ1n) is 7.56. The maximum atomic E-state index is 8.42. The Bertz CT molecular complexity index is 525. The minimum absolute atomic E-state index is 0.273. The van der Waals surface area contributed by atoms with Crippen molar-refractivity contribution in [3.05, 3.63) is 35.4 Å². The second-order valence-corrected chi connectivity index (χ2v) is 5.34. The van der Waals surface area contributed by atoms with Crippen molar-refractivity contribution >= 4 is 0 Å². The van der Waals surface area contributed by atoms with E-state index in [1.165, 1.54) is 25.7 Å². The smallest absolute Gasteiger partial charge is 0.183 e. The lowest BCUT2D eigenvalue weighted by molar-refractivity contribution is -0.206. The van der Waals surface area contributed by atoms with Gasteiger partial charge in [0.05, 0.1) is 13.2 Å². The van der Waals surface area contributed by atoms with Crippen LogP contribution in [0, 0.1) is 29.1 Å². The van der Waals surface area contributed by atoms with E-state index in [1.54, 1.807) is 0 Å². The maximum Gasteiger partial charge on any atom is 0.183 e. The van der Waals surface area contributed by atoms with E-state index in [2.05, 4.69) is 18.8 Å². The molecule has 1 aromatic rings. The van der Waals surface area contributed by atoms with Gasteiger partial charge in [-0.05, 0) is 18.6 Å². The highest BCUT2D eigenvalue weighted by Gasteiger charge is 2.23. The lowest BCUT2D eigenvalue weighted by Crippen LogP contribution is -2.27. The van der Waals surface area contributed by atoms with E-state index >= 15 is 0 Å². The van der Waals surface area contributed by atoms with Crippen molar-refractivity contribution in [1.29, 1.82) is 5.26 Å². The Hall–Kier alpha value is -1.81. The zero-order chi connectivity index (χ0) is 14.9. The van der Waals surface area contributed by atoms with Crippen LogP contribution in [-0.4, -0.2) is 13.2 Å². The molecule has 0 bridgehead atoms. The molecule has 0 saturated carbocycles. The molecule has 1 aliphatic heterocycles. The third-order valence-electron chi connectivity index (χ3n) is 3.63. The summed E-state index contributed by atoms with van der Waals surface area (Å²) in [7, 11) is 0. The fourth-order valence-corrected chi connectivity index (χ4v) is 2.41. The van der Waals surface area contributed by atoms with Crippen LogP contribution in [-0.2, 0) is 9.47 Å². The van der Waals surface area contributed by atoms with Crippen LogP contribution in [0.15, 0.2) is 24.3 Å². The maximum absolute atomic E-state index is 8.42. The molecule has 1 fully saturated rings. The van der Waals surface area contributed by atoms with Crippen molar-refractivity contribution in [2.45, 2.75) is 38.9 Å². The molecule has 110 valence electrons. The molecular weight excluding hydrogens is 262 g/mol. The van der Waals surface area contributed by atoms with Crippen LogP contribution < -0.4 is 0 Å². The van der Waals surface area contributed by atoms with E-state index in [0.717, 1.165) is 24.3 Å². The highest BCUT2D eigenvalue weighted by molar-refractivity contribution is 5.39. The molecule has 1 aromatic carbocycles. The average molecular weight is 283 g/mol. The van der Waals surface area contributed by atoms with Crippen LogP contribution in [0.3, 0.4) is 0 Å². The van der Waals surface area contributed by atoms with Crippen molar-refractivity contribution in [1.82, 2.24) is 0 Å². The van der Waals surface area contributed by atoms with Gasteiger partial charge in [0, 0.05) is 23.0 Å². The third-order valence-corrected chi connectivity index (χ3v) is 3.63. The summed E-state index contributed by atoms with van der Waals surface area (Å²) in [5.74, 6) is 5.68. The van der Waals surface area contributed by atoms with Gasteiger partial charge in [-0.15, -0.1) is 0 Å². The first-order valence-corrected chi connectivity index (χ1v) is 7.56. The number of benzene rings is 1. The summed E-state index contributed by atoms with van der Waals surface area (Å²) in [6.07, 6.45) is 4.70. The van der Waals surface area contributed by atoms with Gasteiger partial charge < -0.3 is 9.47 Å². The van der Waals surface area contributed by atoms with Crippen LogP contribution in [0.5, 0.6) is 0 Å². The van der Waals surface area contributed by atoms with Gasteiger partial charge in [0.2, 0.25) is 0 Å². The fourth-order valence-electron chi connectivity index (χ4n) is 2.41. The van der Waals surface area contributed by atoms with Crippen LogP contribution in [0.1, 0.15) is 50.0 Å². The minimum Gasteiger partial charge on any atom is -0.348 e. The van der Waals surface area contributed by atoms with Gasteiger partial charge in [-0.3, -0.25) is 0 Å². The molecule has 3 heteroatoms. The Balaban J connectivity index is 1.83. The summed E-state index contributed by atoms with van der Waals surface area (Å²) < 4.78 is 11.6. The monoisotopic (exact) mass is 283 g/mol. The Morgan fingerprint density at radius 2 is 1.86 bits per heavy atom. The van der Waals surface area contributed by atoms with Gasteiger partial charge in [0.25, 0.3) is 0 Å². The molecule has 0 aliphatic carbocycles. The van der Waals surface area contributed by atoms with Crippen LogP contribution in [0.2, 0.25) is 0 Å². The molecule has 0 radical (unpaired) electrons. The molecule has 1 saturated heterocycles. The Morgan fingerprint density at radius 1 is 1.14 bits per heavy atom. The fraction of sp³-hybridized carbons (Fsp3) is 0.500. The topological polar surface area (TPSA) is 42.2 Å². The number of nitriles is 1. The summed E-state index contributed by atoms with van der Waals surface area (Å²) in [6, 6.07) is 9.48. The second-order valence-electron chi connectivity index (χ2n) is 5.34. The van der Waals surface area contributed by atoms with Gasteiger partial charge in [-0.2, -0.15) is 5.26 Å². The largest absolute Gasteiger partial charge is 0.348 e. The Morgan fingerprint density at radius 3 is 2.48 bits per heavy atom. The normalized spacial score (nSPS) is 21.1. The first-order chi connectivity index (χ1) is 10.3. The molecule has 0 amide bonds. The number of hydrogen-bond donors (Lipinski definition) is 0. The molecule has 0 aromatic heterocycles. The molecule has 2 rings (SSSR count). The molecule has 1 aliphatic rings. The van der Waals surface area contributed by atoms with Gasteiger partial charge in [-0.1, -0.05) is 44.2 Å². The van der Waals surface area contributed by atoms with Crippen molar-refractivity contribution < 1.29 is 9.47 Å². The number of ether oxygens (including phenoxy) is 2. The van der Waals surface area contributed by atoms with Crippen molar-refractivity contribution in [3.63, 3.8) is 0 Å². The Labute approximate surface area is 126 Å². The van der Waals surface area contributed by atoms with Gasteiger partial charge in [0.1, 0.15) is 0 Å². The highest BCUT2D eigenvalue weighted by atomic mass is 16.7. The third kappa shape index (κ3) is 4.90. The highest BCUT2D eigenvalue weighted by Crippen LogP contribution is 2.27. The van der Waals surface area contributed by atoms with Crippen molar-refractivity contribution in [2.75, 3.05) is 13.2 Å². The number of nitrogens with zero attached hydrogens (tertiary/aromatic N) is 1. The predicted octanol–water partition coefficient (Wildman–Crippen LogP) is 3.80. The SMILES string of the molecule is CCCCCC1COC(c2ccc(C#CC#N)cc2)OC1. The molecule has 0 N–H and O–H groups in total. The van der Waals surface area contributed by atoms with Gasteiger partial charge in [-0.25, -0.2) is 0 Å². The van der Waals surface area contributed by atoms with E-state index in [-0.39, 0.29) is 6.29 Å². The summed E-state index contributed by atoms with van der Waals surface area (Å²) in [4.78, 5) is 0. The molecule has 0 atom stereocenters. The zero-order valence-electron chi connectivity index (χ0n) is 12.5. The van der Waals surface area contributed by atoms with Crippen LogP contribution in [0.4, 0.5) is 0 Å². The summed E-state index contributed by atoms with van der Waals surface area (Å²) in [6.45, 7) is 3.75. The summed E-state index contributed by atoms with van der Waals surface area (Å²) >= 11 is 0. The summed E-state index contributed by atoms with van der Waals surface area (Å²) in [5, 5.41) is 8.42. The van der Waals surface area contributed by atoms with Crippen LogP contribution >= 0.6 is 0 Å². The van der Waals surface area contributed by atoms with E-state index in [9.17, 15) is 0 Å².